The maximum absolute atomic E-state index is 11.7. The predicted octanol–water partition coefficient (Wildman–Crippen LogP) is 4.37. The van der Waals surface area contributed by atoms with Crippen LogP contribution >= 0.6 is 0 Å². The Morgan fingerprint density at radius 3 is 2.54 bits per heavy atom. The Labute approximate surface area is 152 Å². The summed E-state index contributed by atoms with van der Waals surface area (Å²) in [6.45, 7) is 3.29. The number of nitrogens with zero attached hydrogens (tertiary/aromatic N) is 3. The first-order chi connectivity index (χ1) is 12.7. The van der Waals surface area contributed by atoms with Crippen molar-refractivity contribution in [1.82, 2.24) is 14.3 Å². The zero-order chi connectivity index (χ0) is 17.7. The van der Waals surface area contributed by atoms with E-state index in [1.807, 2.05) is 4.90 Å². The predicted molar refractivity (Wildman–Crippen MR) is 104 cm³/mol. The number of hydrogen-bond acceptors (Lipinski definition) is 2. The first-order valence-electron chi connectivity index (χ1n) is 9.27. The minimum absolute atomic E-state index is 0.173. The fourth-order valence-electron chi connectivity index (χ4n) is 4.29. The molecule has 5 rings (SSSR count). The second kappa shape index (κ2) is 5.84. The number of amides is 1. The highest BCUT2D eigenvalue weighted by atomic mass is 16.2. The molecule has 2 aromatic carbocycles. The molecule has 1 fully saturated rings. The first kappa shape index (κ1) is 15.4. The third-order valence-electron chi connectivity index (χ3n) is 5.66. The number of piperidine rings is 1. The number of benzene rings is 2. The maximum Gasteiger partial charge on any atom is 0.219 e. The molecule has 1 saturated heterocycles. The lowest BCUT2D eigenvalue weighted by Gasteiger charge is -2.31. The molecule has 0 atom stereocenters. The fraction of sp³-hybridized carbons (Fsp3) is 0.273. The molecule has 0 N–H and O–H groups in total. The van der Waals surface area contributed by atoms with Gasteiger partial charge in [0.1, 0.15) is 5.82 Å². The topological polar surface area (TPSA) is 37.6 Å². The molecule has 2 aromatic heterocycles. The van der Waals surface area contributed by atoms with Gasteiger partial charge in [0, 0.05) is 36.7 Å². The molecule has 3 heterocycles. The van der Waals surface area contributed by atoms with Crippen molar-refractivity contribution >= 4 is 33.2 Å². The highest BCUT2D eigenvalue weighted by Gasteiger charge is 2.26. The van der Waals surface area contributed by atoms with E-state index in [2.05, 4.69) is 59.0 Å². The van der Waals surface area contributed by atoms with Gasteiger partial charge in [-0.2, -0.15) is 0 Å². The Morgan fingerprint density at radius 2 is 1.73 bits per heavy atom. The van der Waals surface area contributed by atoms with Crippen molar-refractivity contribution in [2.75, 3.05) is 13.1 Å². The van der Waals surface area contributed by atoms with Crippen molar-refractivity contribution in [2.24, 2.45) is 0 Å². The third-order valence-corrected chi connectivity index (χ3v) is 5.66. The van der Waals surface area contributed by atoms with Crippen LogP contribution in [0.5, 0.6) is 0 Å². The molecule has 0 unspecified atom stereocenters. The van der Waals surface area contributed by atoms with Gasteiger partial charge in [0.2, 0.25) is 5.91 Å². The summed E-state index contributed by atoms with van der Waals surface area (Å²) in [5.74, 6) is 1.67. The van der Waals surface area contributed by atoms with E-state index in [9.17, 15) is 4.79 Å². The van der Waals surface area contributed by atoms with Crippen LogP contribution in [0, 0.1) is 0 Å². The maximum atomic E-state index is 11.7. The Kier molecular flexibility index (Phi) is 3.45. The van der Waals surface area contributed by atoms with E-state index in [0.717, 1.165) is 37.3 Å². The van der Waals surface area contributed by atoms with Crippen LogP contribution in [0.25, 0.3) is 27.3 Å². The number of para-hydroxylation sites is 2. The number of hydrogen-bond donors (Lipinski definition) is 0. The molecule has 1 aliphatic rings. The molecule has 4 nitrogen and oxygen atoms in total. The van der Waals surface area contributed by atoms with Gasteiger partial charge >= 0.3 is 0 Å². The number of fused-ring (bicyclic) bond motifs is 5. The van der Waals surface area contributed by atoms with Gasteiger partial charge in [0.25, 0.3) is 0 Å². The molecule has 0 bridgehead atoms. The Morgan fingerprint density at radius 1 is 1.00 bits per heavy atom. The third kappa shape index (κ3) is 2.29. The van der Waals surface area contributed by atoms with E-state index < -0.39 is 0 Å². The molecule has 26 heavy (non-hydrogen) atoms. The number of rotatable bonds is 1. The molecule has 1 amide bonds. The van der Waals surface area contributed by atoms with Crippen LogP contribution in [0.4, 0.5) is 0 Å². The molecule has 1 aliphatic heterocycles. The average molecular weight is 343 g/mol. The van der Waals surface area contributed by atoms with Crippen molar-refractivity contribution in [3.05, 3.63) is 60.4 Å². The monoisotopic (exact) mass is 343 g/mol. The Bertz CT molecular complexity index is 1140. The summed E-state index contributed by atoms with van der Waals surface area (Å²) in [6, 6.07) is 19.2. The minimum Gasteiger partial charge on any atom is -0.343 e. The van der Waals surface area contributed by atoms with Gasteiger partial charge < -0.3 is 4.90 Å². The second-order valence-electron chi connectivity index (χ2n) is 7.19. The van der Waals surface area contributed by atoms with Crippen LogP contribution in [0.2, 0.25) is 0 Å². The van der Waals surface area contributed by atoms with Gasteiger partial charge in [0.15, 0.2) is 0 Å². The first-order valence-corrected chi connectivity index (χ1v) is 9.27. The Balaban J connectivity index is 1.74. The minimum atomic E-state index is 0.173. The standard InChI is InChI=1S/C22H21N3O/c1-15(26)24-12-10-16(11-13-24)22-23-19-8-4-3-7-18(19)21-14-17-6-2-5-9-20(17)25(21)22/h2-9,14,16H,10-13H2,1H3. The number of carbonyl (C=O) groups is 1. The molecule has 0 saturated carbocycles. The molecule has 0 spiro atoms. The highest BCUT2D eigenvalue weighted by Crippen LogP contribution is 2.33. The summed E-state index contributed by atoms with van der Waals surface area (Å²) in [5.41, 5.74) is 3.48. The SMILES string of the molecule is CC(=O)N1CCC(c2nc3ccccc3c3cc4ccccc4n23)CC1. The van der Waals surface area contributed by atoms with Crippen molar-refractivity contribution < 1.29 is 4.79 Å². The lowest BCUT2D eigenvalue weighted by Crippen LogP contribution is -2.36. The van der Waals surface area contributed by atoms with Gasteiger partial charge in [-0.25, -0.2) is 4.98 Å². The van der Waals surface area contributed by atoms with Crippen LogP contribution in [0.3, 0.4) is 0 Å². The molecule has 4 heteroatoms. The summed E-state index contributed by atoms with van der Waals surface area (Å²) < 4.78 is 2.34. The number of aromatic nitrogens is 2. The number of likely N-dealkylation sites (tertiary alicyclic amines) is 1. The molecule has 0 aliphatic carbocycles. The van der Waals surface area contributed by atoms with Crippen LogP contribution in [-0.2, 0) is 4.79 Å². The van der Waals surface area contributed by atoms with Gasteiger partial charge in [0.05, 0.1) is 16.6 Å². The fourth-order valence-corrected chi connectivity index (χ4v) is 4.29. The average Bonchev–Trinajstić information content (AvgIpc) is 3.07. The molecular formula is C22H21N3O. The molecule has 4 aromatic rings. The normalized spacial score (nSPS) is 16.0. The van der Waals surface area contributed by atoms with Crippen LogP contribution in [0.15, 0.2) is 54.6 Å². The van der Waals surface area contributed by atoms with E-state index in [4.69, 9.17) is 4.98 Å². The van der Waals surface area contributed by atoms with Gasteiger partial charge in [-0.15, -0.1) is 0 Å². The number of carbonyl (C=O) groups excluding carboxylic acids is 1. The zero-order valence-corrected chi connectivity index (χ0v) is 14.9. The van der Waals surface area contributed by atoms with Gasteiger partial charge in [-0.05, 0) is 31.0 Å². The summed E-state index contributed by atoms with van der Waals surface area (Å²) in [5, 5.41) is 2.43. The van der Waals surface area contributed by atoms with E-state index in [0.29, 0.717) is 5.92 Å². The molecule has 0 radical (unpaired) electrons. The van der Waals surface area contributed by atoms with E-state index in [1.165, 1.54) is 21.8 Å². The van der Waals surface area contributed by atoms with Crippen molar-refractivity contribution in [2.45, 2.75) is 25.7 Å². The molecular weight excluding hydrogens is 322 g/mol. The second-order valence-corrected chi connectivity index (χ2v) is 7.19. The largest absolute Gasteiger partial charge is 0.343 e. The Hall–Kier alpha value is -2.88. The van der Waals surface area contributed by atoms with Crippen molar-refractivity contribution in [3.63, 3.8) is 0 Å². The van der Waals surface area contributed by atoms with E-state index in [-0.39, 0.29) is 5.91 Å². The van der Waals surface area contributed by atoms with Crippen LogP contribution < -0.4 is 0 Å². The quantitative estimate of drug-likeness (QED) is 0.515. The summed E-state index contributed by atoms with van der Waals surface area (Å²) in [7, 11) is 0. The summed E-state index contributed by atoms with van der Waals surface area (Å²) in [6.07, 6.45) is 1.93. The lowest BCUT2D eigenvalue weighted by molar-refractivity contribution is -0.129. The molecule has 130 valence electrons. The lowest BCUT2D eigenvalue weighted by atomic mass is 9.95. The zero-order valence-electron chi connectivity index (χ0n) is 14.9. The van der Waals surface area contributed by atoms with Gasteiger partial charge in [-0.1, -0.05) is 36.4 Å². The van der Waals surface area contributed by atoms with E-state index >= 15 is 0 Å². The van der Waals surface area contributed by atoms with Gasteiger partial charge in [-0.3, -0.25) is 9.20 Å². The van der Waals surface area contributed by atoms with Crippen molar-refractivity contribution in [3.8, 4) is 0 Å². The highest BCUT2D eigenvalue weighted by molar-refractivity contribution is 6.01. The smallest absolute Gasteiger partial charge is 0.219 e. The summed E-state index contributed by atoms with van der Waals surface area (Å²) >= 11 is 0. The van der Waals surface area contributed by atoms with E-state index in [1.54, 1.807) is 6.92 Å². The van der Waals surface area contributed by atoms with Crippen molar-refractivity contribution in [1.29, 1.82) is 0 Å². The van der Waals surface area contributed by atoms with Crippen LogP contribution in [0.1, 0.15) is 31.5 Å². The summed E-state index contributed by atoms with van der Waals surface area (Å²) in [4.78, 5) is 18.7. The van der Waals surface area contributed by atoms with Crippen LogP contribution in [-0.4, -0.2) is 33.3 Å².